The first-order valence-electron chi connectivity index (χ1n) is 5.19. The third kappa shape index (κ3) is 2.49. The summed E-state index contributed by atoms with van der Waals surface area (Å²) in [4.78, 5) is 4.10. The van der Waals surface area contributed by atoms with Crippen molar-refractivity contribution < 1.29 is 4.39 Å². The molecule has 0 amide bonds. The van der Waals surface area contributed by atoms with Crippen LogP contribution in [0.2, 0.25) is 0 Å². The van der Waals surface area contributed by atoms with Gasteiger partial charge in [0.25, 0.3) is 0 Å². The van der Waals surface area contributed by atoms with Gasteiger partial charge in [0.15, 0.2) is 0 Å². The van der Waals surface area contributed by atoms with Crippen LogP contribution >= 0.6 is 15.9 Å². The highest BCUT2D eigenvalue weighted by atomic mass is 79.9. The molecule has 0 saturated heterocycles. The van der Waals surface area contributed by atoms with Crippen molar-refractivity contribution in [3.63, 3.8) is 0 Å². The van der Waals surface area contributed by atoms with Gasteiger partial charge in [-0.15, -0.1) is 0 Å². The van der Waals surface area contributed by atoms with Gasteiger partial charge in [-0.25, -0.2) is 9.37 Å². The molecule has 90 valence electrons. The van der Waals surface area contributed by atoms with Gasteiger partial charge in [0.1, 0.15) is 17.7 Å². The number of rotatable bonds is 2. The Balaban J connectivity index is 2.41. The van der Waals surface area contributed by atoms with E-state index in [1.165, 1.54) is 6.07 Å². The number of nitrogens with zero attached hydrogens (tertiary/aromatic N) is 2. The molecule has 0 bridgehead atoms. The second-order valence-electron chi connectivity index (χ2n) is 3.72. The summed E-state index contributed by atoms with van der Waals surface area (Å²) >= 11 is 3.13. The van der Waals surface area contributed by atoms with Crippen LogP contribution < -0.4 is 5.32 Å². The Kier molecular flexibility index (Phi) is 3.58. The number of hydrogen-bond donors (Lipinski definition) is 1. The number of halogens is 2. The zero-order valence-electron chi connectivity index (χ0n) is 9.54. The SMILES string of the molecule is Cc1cc(F)c(Br)cc1Nc1ncccc1C#N. The van der Waals surface area contributed by atoms with Crippen LogP contribution in [0.4, 0.5) is 15.9 Å². The molecule has 2 aromatic rings. The van der Waals surface area contributed by atoms with Crippen LogP contribution in [0.5, 0.6) is 0 Å². The lowest BCUT2D eigenvalue weighted by Crippen LogP contribution is -1.99. The van der Waals surface area contributed by atoms with Crippen LogP contribution in [-0.2, 0) is 0 Å². The van der Waals surface area contributed by atoms with Crippen molar-refractivity contribution in [2.75, 3.05) is 5.32 Å². The van der Waals surface area contributed by atoms with Crippen LogP contribution in [0.1, 0.15) is 11.1 Å². The number of nitriles is 1. The normalized spacial score (nSPS) is 9.89. The lowest BCUT2D eigenvalue weighted by Gasteiger charge is -2.10. The number of pyridine rings is 1. The molecule has 0 radical (unpaired) electrons. The molecule has 1 heterocycles. The van der Waals surface area contributed by atoms with E-state index in [1.54, 1.807) is 31.3 Å². The molecule has 3 nitrogen and oxygen atoms in total. The Morgan fingerprint density at radius 1 is 1.44 bits per heavy atom. The second kappa shape index (κ2) is 5.15. The summed E-state index contributed by atoms with van der Waals surface area (Å²) in [5.74, 6) is 0.140. The summed E-state index contributed by atoms with van der Waals surface area (Å²) in [6.07, 6.45) is 1.59. The third-order valence-corrected chi connectivity index (χ3v) is 3.06. The fourth-order valence-electron chi connectivity index (χ4n) is 1.50. The monoisotopic (exact) mass is 305 g/mol. The predicted octanol–water partition coefficient (Wildman–Crippen LogP) is 3.91. The van der Waals surface area contributed by atoms with Crippen molar-refractivity contribution >= 4 is 27.4 Å². The number of hydrogen-bond acceptors (Lipinski definition) is 3. The summed E-state index contributed by atoms with van der Waals surface area (Å²) in [7, 11) is 0. The molecule has 5 heteroatoms. The minimum Gasteiger partial charge on any atom is -0.339 e. The standard InChI is InChI=1S/C13H9BrFN3/c1-8-5-11(15)10(14)6-12(8)18-13-9(7-16)3-2-4-17-13/h2-6H,1H3,(H,17,18). The van der Waals surface area contributed by atoms with Gasteiger partial charge in [-0.05, 0) is 52.7 Å². The Labute approximate surface area is 112 Å². The van der Waals surface area contributed by atoms with Crippen molar-refractivity contribution in [2.24, 2.45) is 0 Å². The Bertz CT molecular complexity index is 635. The fraction of sp³-hybridized carbons (Fsp3) is 0.0769. The van der Waals surface area contributed by atoms with Crippen molar-refractivity contribution in [1.82, 2.24) is 4.98 Å². The zero-order valence-corrected chi connectivity index (χ0v) is 11.1. The molecule has 1 aromatic heterocycles. The summed E-state index contributed by atoms with van der Waals surface area (Å²) in [6.45, 7) is 1.78. The fourth-order valence-corrected chi connectivity index (χ4v) is 1.85. The quantitative estimate of drug-likeness (QED) is 0.915. The molecular formula is C13H9BrFN3. The van der Waals surface area contributed by atoms with Gasteiger partial charge in [-0.2, -0.15) is 5.26 Å². The maximum Gasteiger partial charge on any atom is 0.148 e. The van der Waals surface area contributed by atoms with Crippen LogP contribution in [0.3, 0.4) is 0 Å². The predicted molar refractivity (Wildman–Crippen MR) is 71.1 cm³/mol. The number of aryl methyl sites for hydroxylation is 1. The van der Waals surface area contributed by atoms with Crippen LogP contribution in [0, 0.1) is 24.1 Å². The molecule has 1 N–H and O–H groups in total. The van der Waals surface area contributed by atoms with Gasteiger partial charge in [0.2, 0.25) is 0 Å². The molecule has 0 atom stereocenters. The number of benzene rings is 1. The van der Waals surface area contributed by atoms with E-state index < -0.39 is 0 Å². The van der Waals surface area contributed by atoms with Gasteiger partial charge in [0.05, 0.1) is 10.0 Å². The number of anilines is 2. The average Bonchev–Trinajstić information content (AvgIpc) is 2.36. The van der Waals surface area contributed by atoms with Gasteiger partial charge in [-0.3, -0.25) is 0 Å². The van der Waals surface area contributed by atoms with E-state index in [0.717, 1.165) is 5.56 Å². The summed E-state index contributed by atoms with van der Waals surface area (Å²) in [5, 5.41) is 12.0. The van der Waals surface area contributed by atoms with Gasteiger partial charge in [-0.1, -0.05) is 0 Å². The lowest BCUT2D eigenvalue weighted by atomic mass is 10.2. The van der Waals surface area contributed by atoms with Gasteiger partial charge in [0, 0.05) is 11.9 Å². The van der Waals surface area contributed by atoms with Gasteiger partial charge < -0.3 is 5.32 Å². The molecule has 18 heavy (non-hydrogen) atoms. The molecule has 0 aliphatic rings. The number of nitrogens with one attached hydrogen (secondary N) is 1. The van der Waals surface area contributed by atoms with Crippen LogP contribution in [0.15, 0.2) is 34.9 Å². The smallest absolute Gasteiger partial charge is 0.148 e. The van der Waals surface area contributed by atoms with Crippen LogP contribution in [-0.4, -0.2) is 4.98 Å². The average molecular weight is 306 g/mol. The lowest BCUT2D eigenvalue weighted by molar-refractivity contribution is 0.620. The maximum atomic E-state index is 13.3. The number of aromatic nitrogens is 1. The van der Waals surface area contributed by atoms with Crippen molar-refractivity contribution in [2.45, 2.75) is 6.92 Å². The maximum absolute atomic E-state index is 13.3. The topological polar surface area (TPSA) is 48.7 Å². The van der Waals surface area contributed by atoms with Crippen molar-refractivity contribution in [3.05, 3.63) is 51.9 Å². The summed E-state index contributed by atoms with van der Waals surface area (Å²) < 4.78 is 13.7. The largest absolute Gasteiger partial charge is 0.339 e. The van der Waals surface area contributed by atoms with E-state index in [4.69, 9.17) is 5.26 Å². The molecular weight excluding hydrogens is 297 g/mol. The molecule has 2 rings (SSSR count). The first-order chi connectivity index (χ1) is 8.61. The molecule has 0 fully saturated rings. The van der Waals surface area contributed by atoms with E-state index in [-0.39, 0.29) is 5.82 Å². The van der Waals surface area contributed by atoms with Crippen LogP contribution in [0.25, 0.3) is 0 Å². The first kappa shape index (κ1) is 12.5. The van der Waals surface area contributed by atoms with Gasteiger partial charge >= 0.3 is 0 Å². The minimum atomic E-state index is -0.320. The third-order valence-electron chi connectivity index (χ3n) is 2.45. The first-order valence-corrected chi connectivity index (χ1v) is 5.99. The van der Waals surface area contributed by atoms with E-state index in [2.05, 4.69) is 32.3 Å². The summed E-state index contributed by atoms with van der Waals surface area (Å²) in [5.41, 5.74) is 1.89. The minimum absolute atomic E-state index is 0.320. The van der Waals surface area contributed by atoms with E-state index in [0.29, 0.717) is 21.5 Å². The van der Waals surface area contributed by atoms with E-state index in [9.17, 15) is 4.39 Å². The Morgan fingerprint density at radius 2 is 2.22 bits per heavy atom. The second-order valence-corrected chi connectivity index (χ2v) is 4.57. The Hall–Kier alpha value is -1.93. The molecule has 0 aliphatic carbocycles. The van der Waals surface area contributed by atoms with Crippen molar-refractivity contribution in [3.8, 4) is 6.07 Å². The summed E-state index contributed by atoms with van der Waals surface area (Å²) in [6, 6.07) is 8.46. The highest BCUT2D eigenvalue weighted by Crippen LogP contribution is 2.27. The van der Waals surface area contributed by atoms with Crippen molar-refractivity contribution in [1.29, 1.82) is 5.26 Å². The molecule has 1 aromatic carbocycles. The van der Waals surface area contributed by atoms with E-state index in [1.807, 2.05) is 0 Å². The van der Waals surface area contributed by atoms with E-state index >= 15 is 0 Å². The molecule has 0 unspecified atom stereocenters. The Morgan fingerprint density at radius 3 is 2.94 bits per heavy atom. The molecule has 0 aliphatic heterocycles. The molecule has 0 saturated carbocycles. The molecule has 0 spiro atoms. The zero-order chi connectivity index (χ0) is 13.1. The highest BCUT2D eigenvalue weighted by Gasteiger charge is 2.08. The highest BCUT2D eigenvalue weighted by molar-refractivity contribution is 9.10.